The second-order valence-electron chi connectivity index (χ2n) is 3.20. The van der Waals surface area contributed by atoms with E-state index in [4.69, 9.17) is 5.11 Å². The van der Waals surface area contributed by atoms with Gasteiger partial charge in [-0.15, -0.1) is 12.4 Å². The van der Waals surface area contributed by atoms with Crippen LogP contribution in [-0.4, -0.2) is 24.3 Å². The molecule has 0 unspecified atom stereocenters. The number of hydrogen-bond donors (Lipinski definition) is 2. The number of hydrogen-bond acceptors (Lipinski definition) is 2. The van der Waals surface area contributed by atoms with E-state index in [2.05, 4.69) is 5.32 Å². The third kappa shape index (κ3) is 1.04. The first-order valence-electron chi connectivity index (χ1n) is 3.76. The molecule has 1 aliphatic heterocycles. The molecule has 1 saturated carbocycles. The summed E-state index contributed by atoms with van der Waals surface area (Å²) in [5.74, 6) is 1.72. The Morgan fingerprint density at radius 2 is 2.20 bits per heavy atom. The lowest BCUT2D eigenvalue weighted by Crippen LogP contribution is -2.34. The lowest BCUT2D eigenvalue weighted by molar-refractivity contribution is 0.156. The summed E-state index contributed by atoms with van der Waals surface area (Å²) < 4.78 is 0. The second-order valence-corrected chi connectivity index (χ2v) is 3.20. The molecule has 1 aliphatic carbocycles. The van der Waals surface area contributed by atoms with E-state index in [1.165, 1.54) is 12.8 Å². The van der Waals surface area contributed by atoms with Crippen LogP contribution in [0.25, 0.3) is 0 Å². The highest BCUT2D eigenvalue weighted by molar-refractivity contribution is 5.85. The van der Waals surface area contributed by atoms with Gasteiger partial charge >= 0.3 is 0 Å². The smallest absolute Gasteiger partial charge is 0.0587 e. The summed E-state index contributed by atoms with van der Waals surface area (Å²) in [6.45, 7) is 1.48. The molecule has 10 heavy (non-hydrogen) atoms. The van der Waals surface area contributed by atoms with Crippen molar-refractivity contribution >= 4 is 12.4 Å². The molecule has 2 fully saturated rings. The lowest BCUT2D eigenvalue weighted by Gasteiger charge is -2.32. The Kier molecular flexibility index (Phi) is 2.55. The molecule has 2 aliphatic rings. The molecule has 3 heteroatoms. The Bertz CT molecular complexity index is 118. The highest BCUT2D eigenvalue weighted by Gasteiger charge is 2.41. The first kappa shape index (κ1) is 8.31. The summed E-state index contributed by atoms with van der Waals surface area (Å²) in [7, 11) is 0. The summed E-state index contributed by atoms with van der Waals surface area (Å²) >= 11 is 0. The van der Waals surface area contributed by atoms with Crippen LogP contribution in [0.4, 0.5) is 0 Å². The van der Waals surface area contributed by atoms with E-state index in [-0.39, 0.29) is 12.4 Å². The topological polar surface area (TPSA) is 32.3 Å². The molecule has 0 spiro atoms. The van der Waals surface area contributed by atoms with Crippen LogP contribution in [0.2, 0.25) is 0 Å². The van der Waals surface area contributed by atoms with E-state index in [1.807, 2.05) is 0 Å². The fourth-order valence-electron chi connectivity index (χ4n) is 2.03. The standard InChI is InChI=1S/C7H13NO.ClH/c9-4-7-6-2-1-5(6)3-8-7;/h5-9H,1-4H2;1H/t5-,6-,7-;/m0./s1. The minimum absolute atomic E-state index is 0. The van der Waals surface area contributed by atoms with Crippen LogP contribution in [-0.2, 0) is 0 Å². The second kappa shape index (κ2) is 3.07. The number of rotatable bonds is 1. The minimum atomic E-state index is 0. The van der Waals surface area contributed by atoms with Gasteiger partial charge in [-0.1, -0.05) is 0 Å². The lowest BCUT2D eigenvalue weighted by atomic mass is 9.73. The largest absolute Gasteiger partial charge is 0.395 e. The van der Waals surface area contributed by atoms with Gasteiger partial charge in [0.15, 0.2) is 0 Å². The highest BCUT2D eigenvalue weighted by Crippen LogP contribution is 2.39. The van der Waals surface area contributed by atoms with E-state index >= 15 is 0 Å². The molecule has 3 atom stereocenters. The summed E-state index contributed by atoms with van der Waals surface area (Å²) in [5.41, 5.74) is 0. The molecular weight excluding hydrogens is 150 g/mol. The summed E-state index contributed by atoms with van der Waals surface area (Å²) in [6, 6.07) is 0.434. The Labute approximate surface area is 67.4 Å². The van der Waals surface area contributed by atoms with Crippen LogP contribution in [0.15, 0.2) is 0 Å². The monoisotopic (exact) mass is 163 g/mol. The molecule has 1 heterocycles. The van der Waals surface area contributed by atoms with Gasteiger partial charge in [0.2, 0.25) is 0 Å². The van der Waals surface area contributed by atoms with Crippen LogP contribution < -0.4 is 5.32 Å². The molecule has 0 amide bonds. The van der Waals surface area contributed by atoms with Crippen molar-refractivity contribution in [2.24, 2.45) is 11.8 Å². The van der Waals surface area contributed by atoms with E-state index in [0.29, 0.717) is 12.6 Å². The molecule has 1 saturated heterocycles. The van der Waals surface area contributed by atoms with Crippen molar-refractivity contribution in [1.29, 1.82) is 0 Å². The van der Waals surface area contributed by atoms with Crippen molar-refractivity contribution in [3.63, 3.8) is 0 Å². The molecule has 2 rings (SSSR count). The fraction of sp³-hybridized carbons (Fsp3) is 1.00. The normalized spacial score (nSPS) is 43.5. The van der Waals surface area contributed by atoms with E-state index in [0.717, 1.165) is 18.4 Å². The van der Waals surface area contributed by atoms with Crippen molar-refractivity contribution in [2.75, 3.05) is 13.2 Å². The van der Waals surface area contributed by atoms with Crippen molar-refractivity contribution < 1.29 is 5.11 Å². The first-order chi connectivity index (χ1) is 4.42. The van der Waals surface area contributed by atoms with Crippen molar-refractivity contribution in [1.82, 2.24) is 5.32 Å². The number of aliphatic hydroxyl groups excluding tert-OH is 1. The highest BCUT2D eigenvalue weighted by atomic mass is 35.5. The molecular formula is C7H14ClNO. The first-order valence-corrected chi connectivity index (χ1v) is 3.76. The maximum Gasteiger partial charge on any atom is 0.0587 e. The van der Waals surface area contributed by atoms with Crippen molar-refractivity contribution in [2.45, 2.75) is 18.9 Å². The van der Waals surface area contributed by atoms with Gasteiger partial charge in [0.25, 0.3) is 0 Å². The minimum Gasteiger partial charge on any atom is -0.395 e. The third-order valence-electron chi connectivity index (χ3n) is 2.83. The van der Waals surface area contributed by atoms with Gasteiger partial charge in [-0.25, -0.2) is 0 Å². The Morgan fingerprint density at radius 3 is 2.50 bits per heavy atom. The van der Waals surface area contributed by atoms with Crippen LogP contribution in [0.1, 0.15) is 12.8 Å². The van der Waals surface area contributed by atoms with Gasteiger partial charge < -0.3 is 10.4 Å². The van der Waals surface area contributed by atoms with Crippen molar-refractivity contribution in [3.05, 3.63) is 0 Å². The molecule has 0 radical (unpaired) electrons. The van der Waals surface area contributed by atoms with Crippen LogP contribution in [0, 0.1) is 11.8 Å². The zero-order valence-corrected chi connectivity index (χ0v) is 6.73. The maximum absolute atomic E-state index is 8.83. The number of nitrogens with one attached hydrogen (secondary N) is 1. The Hall–Kier alpha value is 0.210. The average Bonchev–Trinajstić information content (AvgIpc) is 2.07. The Morgan fingerprint density at radius 1 is 1.40 bits per heavy atom. The van der Waals surface area contributed by atoms with E-state index in [9.17, 15) is 0 Å². The number of fused-ring (bicyclic) bond motifs is 1. The van der Waals surface area contributed by atoms with E-state index in [1.54, 1.807) is 0 Å². The van der Waals surface area contributed by atoms with Crippen LogP contribution >= 0.6 is 12.4 Å². The van der Waals surface area contributed by atoms with Crippen LogP contribution in [0.3, 0.4) is 0 Å². The molecule has 60 valence electrons. The van der Waals surface area contributed by atoms with Crippen LogP contribution in [0.5, 0.6) is 0 Å². The van der Waals surface area contributed by atoms with Gasteiger partial charge in [0.1, 0.15) is 0 Å². The van der Waals surface area contributed by atoms with E-state index < -0.39 is 0 Å². The predicted molar refractivity (Wildman–Crippen MR) is 42.3 cm³/mol. The molecule has 0 aromatic heterocycles. The third-order valence-corrected chi connectivity index (χ3v) is 2.83. The predicted octanol–water partition coefficient (Wildman–Crippen LogP) is 0.398. The summed E-state index contributed by atoms with van der Waals surface area (Å²) in [6.07, 6.45) is 2.72. The quantitative estimate of drug-likeness (QED) is 0.587. The molecule has 0 bridgehead atoms. The molecule has 2 nitrogen and oxygen atoms in total. The summed E-state index contributed by atoms with van der Waals surface area (Å²) in [5, 5.41) is 12.1. The van der Waals surface area contributed by atoms with Crippen molar-refractivity contribution in [3.8, 4) is 0 Å². The van der Waals surface area contributed by atoms with Gasteiger partial charge in [0.05, 0.1) is 6.61 Å². The van der Waals surface area contributed by atoms with Gasteiger partial charge in [-0.3, -0.25) is 0 Å². The zero-order valence-electron chi connectivity index (χ0n) is 5.92. The maximum atomic E-state index is 8.83. The zero-order chi connectivity index (χ0) is 6.27. The molecule has 0 aromatic carbocycles. The number of aliphatic hydroxyl groups is 1. The van der Waals surface area contributed by atoms with Gasteiger partial charge in [-0.05, 0) is 31.2 Å². The average molecular weight is 164 g/mol. The summed E-state index contributed by atoms with van der Waals surface area (Å²) in [4.78, 5) is 0. The molecule has 0 aromatic rings. The SMILES string of the molecule is Cl.OC[C@@H]1NC[C@@H]2CC[C@@H]21. The van der Waals surface area contributed by atoms with Gasteiger partial charge in [-0.2, -0.15) is 0 Å². The molecule has 2 N–H and O–H groups in total. The van der Waals surface area contributed by atoms with Gasteiger partial charge in [0, 0.05) is 6.04 Å². The number of halogens is 1. The fourth-order valence-corrected chi connectivity index (χ4v) is 2.03. The Balaban J connectivity index is 0.000000500.